The Kier molecular flexibility index (Phi) is 3.98. The molecule has 2 rings (SSSR count). The zero-order valence-corrected chi connectivity index (χ0v) is 10.4. The average molecular weight is 253 g/mol. The number of halogens is 1. The molecule has 1 N–H and O–H groups in total. The molecular formula is C12H13ClN2S. The first-order valence-corrected chi connectivity index (χ1v) is 6.87. The van der Waals surface area contributed by atoms with E-state index in [1.807, 2.05) is 17.8 Å². The highest BCUT2D eigenvalue weighted by atomic mass is 35.5. The first-order chi connectivity index (χ1) is 7.79. The topological polar surface area (TPSA) is 35.8 Å². The van der Waals surface area contributed by atoms with Crippen LogP contribution in [0.2, 0.25) is 5.02 Å². The van der Waals surface area contributed by atoms with E-state index in [9.17, 15) is 0 Å². The fraction of sp³-hybridized carbons (Fsp3) is 0.417. The molecule has 0 radical (unpaired) electrons. The molecule has 4 heteroatoms. The summed E-state index contributed by atoms with van der Waals surface area (Å²) in [6, 6.07) is 7.99. The van der Waals surface area contributed by atoms with Gasteiger partial charge < -0.3 is 5.32 Å². The summed E-state index contributed by atoms with van der Waals surface area (Å²) < 4.78 is 0. The van der Waals surface area contributed by atoms with E-state index in [0.717, 1.165) is 11.4 Å². The SMILES string of the molecule is N#Cc1ccc(Cl)cc1NC1CCCSC1. The normalized spacial score (nSPS) is 20.1. The van der Waals surface area contributed by atoms with E-state index < -0.39 is 0 Å². The minimum Gasteiger partial charge on any atom is -0.380 e. The van der Waals surface area contributed by atoms with E-state index in [4.69, 9.17) is 16.9 Å². The molecule has 1 aliphatic rings. The van der Waals surface area contributed by atoms with Crippen molar-refractivity contribution in [2.24, 2.45) is 0 Å². The zero-order valence-electron chi connectivity index (χ0n) is 8.87. The van der Waals surface area contributed by atoms with Gasteiger partial charge in [0.1, 0.15) is 6.07 Å². The Hall–Kier alpha value is -0.850. The Morgan fingerprint density at radius 2 is 2.38 bits per heavy atom. The highest BCUT2D eigenvalue weighted by Gasteiger charge is 2.14. The lowest BCUT2D eigenvalue weighted by atomic mass is 10.1. The van der Waals surface area contributed by atoms with Gasteiger partial charge in [0.25, 0.3) is 0 Å². The molecule has 1 atom stereocenters. The van der Waals surface area contributed by atoms with Gasteiger partial charge in [-0.1, -0.05) is 11.6 Å². The number of rotatable bonds is 2. The summed E-state index contributed by atoms with van der Waals surface area (Å²) in [5.41, 5.74) is 1.53. The zero-order chi connectivity index (χ0) is 11.4. The van der Waals surface area contributed by atoms with Gasteiger partial charge in [0.2, 0.25) is 0 Å². The molecule has 1 fully saturated rings. The van der Waals surface area contributed by atoms with Crippen LogP contribution >= 0.6 is 23.4 Å². The minimum atomic E-state index is 0.462. The standard InChI is InChI=1S/C12H13ClN2S/c13-10-4-3-9(7-14)12(6-10)15-11-2-1-5-16-8-11/h3-4,6,11,15H,1-2,5,8H2. The van der Waals surface area contributed by atoms with Gasteiger partial charge in [0.15, 0.2) is 0 Å². The number of benzene rings is 1. The fourth-order valence-electron chi connectivity index (χ4n) is 1.81. The predicted molar refractivity (Wildman–Crippen MR) is 70.1 cm³/mol. The fourth-order valence-corrected chi connectivity index (χ4v) is 3.05. The summed E-state index contributed by atoms with van der Waals surface area (Å²) >= 11 is 7.90. The Bertz CT molecular complexity index is 408. The molecular weight excluding hydrogens is 240 g/mol. The second-order valence-corrected chi connectivity index (χ2v) is 5.45. The Balaban J connectivity index is 2.13. The maximum absolute atomic E-state index is 9.00. The molecule has 0 saturated carbocycles. The molecule has 1 aliphatic heterocycles. The third kappa shape index (κ3) is 2.84. The molecule has 0 bridgehead atoms. The van der Waals surface area contributed by atoms with Crippen LogP contribution in [0, 0.1) is 11.3 Å². The summed E-state index contributed by atoms with van der Waals surface area (Å²) in [6.45, 7) is 0. The van der Waals surface area contributed by atoms with E-state index in [1.54, 1.807) is 12.1 Å². The lowest BCUT2D eigenvalue weighted by molar-refractivity contribution is 0.685. The number of nitrogens with one attached hydrogen (secondary N) is 1. The van der Waals surface area contributed by atoms with Crippen LogP contribution in [0.5, 0.6) is 0 Å². The van der Waals surface area contributed by atoms with Crippen molar-refractivity contribution in [1.82, 2.24) is 0 Å². The van der Waals surface area contributed by atoms with E-state index in [0.29, 0.717) is 16.6 Å². The Morgan fingerprint density at radius 1 is 1.50 bits per heavy atom. The van der Waals surface area contributed by atoms with Crippen LogP contribution in [0.3, 0.4) is 0 Å². The summed E-state index contributed by atoms with van der Waals surface area (Å²) in [7, 11) is 0. The van der Waals surface area contributed by atoms with Crippen molar-refractivity contribution in [3.8, 4) is 6.07 Å². The van der Waals surface area contributed by atoms with Crippen molar-refractivity contribution < 1.29 is 0 Å². The largest absolute Gasteiger partial charge is 0.380 e. The van der Waals surface area contributed by atoms with Crippen molar-refractivity contribution in [3.63, 3.8) is 0 Å². The van der Waals surface area contributed by atoms with Gasteiger partial charge in [-0.3, -0.25) is 0 Å². The molecule has 0 aromatic heterocycles. The highest BCUT2D eigenvalue weighted by Crippen LogP contribution is 2.25. The maximum atomic E-state index is 9.00. The van der Waals surface area contributed by atoms with E-state index in [2.05, 4.69) is 11.4 Å². The molecule has 84 valence electrons. The van der Waals surface area contributed by atoms with E-state index >= 15 is 0 Å². The number of hydrogen-bond donors (Lipinski definition) is 1. The summed E-state index contributed by atoms with van der Waals surface area (Å²) in [5.74, 6) is 2.36. The van der Waals surface area contributed by atoms with Gasteiger partial charge in [0, 0.05) is 16.8 Å². The third-order valence-electron chi connectivity index (χ3n) is 2.62. The van der Waals surface area contributed by atoms with Crippen molar-refractivity contribution in [2.75, 3.05) is 16.8 Å². The predicted octanol–water partition coefficient (Wildman–Crippen LogP) is 3.52. The molecule has 2 nitrogen and oxygen atoms in total. The molecule has 1 aromatic rings. The second kappa shape index (κ2) is 5.47. The summed E-state index contributed by atoms with van der Waals surface area (Å²) in [4.78, 5) is 0. The number of hydrogen-bond acceptors (Lipinski definition) is 3. The quantitative estimate of drug-likeness (QED) is 0.875. The molecule has 0 aliphatic carbocycles. The van der Waals surface area contributed by atoms with Gasteiger partial charge in [-0.25, -0.2) is 0 Å². The lowest BCUT2D eigenvalue weighted by Crippen LogP contribution is -2.26. The first-order valence-electron chi connectivity index (χ1n) is 5.33. The van der Waals surface area contributed by atoms with Crippen LogP contribution in [0.1, 0.15) is 18.4 Å². The van der Waals surface area contributed by atoms with Crippen molar-refractivity contribution >= 4 is 29.1 Å². The summed E-state index contributed by atoms with van der Waals surface area (Å²) in [6.07, 6.45) is 2.41. The minimum absolute atomic E-state index is 0.462. The Morgan fingerprint density at radius 3 is 3.06 bits per heavy atom. The molecule has 1 aromatic carbocycles. The van der Waals surface area contributed by atoms with Crippen LogP contribution in [-0.4, -0.2) is 17.5 Å². The number of anilines is 1. The van der Waals surface area contributed by atoms with Gasteiger partial charge in [-0.2, -0.15) is 17.0 Å². The van der Waals surface area contributed by atoms with Gasteiger partial charge in [-0.15, -0.1) is 0 Å². The molecule has 1 unspecified atom stereocenters. The van der Waals surface area contributed by atoms with E-state index in [1.165, 1.54) is 18.6 Å². The van der Waals surface area contributed by atoms with Crippen molar-refractivity contribution in [2.45, 2.75) is 18.9 Å². The second-order valence-electron chi connectivity index (χ2n) is 3.86. The molecule has 0 spiro atoms. The third-order valence-corrected chi connectivity index (χ3v) is 4.07. The van der Waals surface area contributed by atoms with E-state index in [-0.39, 0.29) is 0 Å². The molecule has 1 saturated heterocycles. The monoisotopic (exact) mass is 252 g/mol. The molecule has 1 heterocycles. The first kappa shape index (κ1) is 11.6. The highest BCUT2D eigenvalue weighted by molar-refractivity contribution is 7.99. The van der Waals surface area contributed by atoms with Gasteiger partial charge >= 0.3 is 0 Å². The van der Waals surface area contributed by atoms with Crippen molar-refractivity contribution in [3.05, 3.63) is 28.8 Å². The van der Waals surface area contributed by atoms with Gasteiger partial charge in [0.05, 0.1) is 11.3 Å². The van der Waals surface area contributed by atoms with Crippen LogP contribution in [0.15, 0.2) is 18.2 Å². The number of nitriles is 1. The van der Waals surface area contributed by atoms with Crippen LogP contribution in [0.4, 0.5) is 5.69 Å². The maximum Gasteiger partial charge on any atom is 0.101 e. The summed E-state index contributed by atoms with van der Waals surface area (Å²) in [5, 5.41) is 13.1. The Labute approximate surface area is 105 Å². The molecule has 16 heavy (non-hydrogen) atoms. The smallest absolute Gasteiger partial charge is 0.101 e. The number of nitrogens with zero attached hydrogens (tertiary/aromatic N) is 1. The van der Waals surface area contributed by atoms with Crippen LogP contribution < -0.4 is 5.32 Å². The average Bonchev–Trinajstić information content (AvgIpc) is 2.31. The number of thioether (sulfide) groups is 1. The lowest BCUT2D eigenvalue weighted by Gasteiger charge is -2.24. The van der Waals surface area contributed by atoms with Crippen LogP contribution in [-0.2, 0) is 0 Å². The van der Waals surface area contributed by atoms with Gasteiger partial charge in [-0.05, 0) is 36.8 Å². The van der Waals surface area contributed by atoms with Crippen LogP contribution in [0.25, 0.3) is 0 Å². The van der Waals surface area contributed by atoms with Crippen molar-refractivity contribution in [1.29, 1.82) is 5.26 Å². The molecule has 0 amide bonds.